The van der Waals surface area contributed by atoms with Gasteiger partial charge in [0, 0.05) is 6.20 Å². The highest BCUT2D eigenvalue weighted by Gasteiger charge is 2.12. The number of carbonyl (C=O) groups excluding carboxylic acids is 1. The molecule has 0 aliphatic carbocycles. The van der Waals surface area contributed by atoms with Crippen LogP contribution in [0.5, 0.6) is 0 Å². The second kappa shape index (κ2) is 5.97. The first-order valence-electron chi connectivity index (χ1n) is 6.13. The van der Waals surface area contributed by atoms with Gasteiger partial charge < -0.3 is 10.4 Å². The summed E-state index contributed by atoms with van der Waals surface area (Å²) in [7, 11) is 0. The number of hydrogen-bond donors (Lipinski definition) is 2. The first-order valence-corrected chi connectivity index (χ1v) is 6.13. The number of amides is 1. The minimum Gasteiger partial charge on any atom is -0.477 e. The predicted octanol–water partition coefficient (Wildman–Crippen LogP) is 2.27. The van der Waals surface area contributed by atoms with Gasteiger partial charge in [0.15, 0.2) is 0 Å². The van der Waals surface area contributed by atoms with Gasteiger partial charge in [-0.3, -0.25) is 4.79 Å². The molecule has 1 amide bonds. The first kappa shape index (κ1) is 13.7. The van der Waals surface area contributed by atoms with E-state index in [1.165, 1.54) is 18.3 Å². The van der Waals surface area contributed by atoms with Crippen LogP contribution >= 0.6 is 0 Å². The van der Waals surface area contributed by atoms with Gasteiger partial charge >= 0.3 is 5.97 Å². The molecule has 1 unspecified atom stereocenters. The van der Waals surface area contributed by atoms with Crippen molar-refractivity contribution in [3.63, 3.8) is 0 Å². The Hall–Kier alpha value is -2.69. The molecule has 5 heteroatoms. The van der Waals surface area contributed by atoms with Crippen molar-refractivity contribution in [1.29, 1.82) is 0 Å². The number of hydrogen-bond acceptors (Lipinski definition) is 3. The van der Waals surface area contributed by atoms with Gasteiger partial charge in [-0.25, -0.2) is 9.78 Å². The first-order chi connectivity index (χ1) is 9.58. The Morgan fingerprint density at radius 1 is 1.15 bits per heavy atom. The van der Waals surface area contributed by atoms with Gasteiger partial charge in [-0.05, 0) is 24.6 Å². The van der Waals surface area contributed by atoms with Crippen molar-refractivity contribution in [1.82, 2.24) is 10.3 Å². The number of carboxylic acids is 1. The van der Waals surface area contributed by atoms with Crippen LogP contribution in [0.1, 0.15) is 39.4 Å². The van der Waals surface area contributed by atoms with Crippen molar-refractivity contribution in [3.8, 4) is 0 Å². The topological polar surface area (TPSA) is 79.3 Å². The lowest BCUT2D eigenvalue weighted by molar-refractivity contribution is 0.0689. The molecule has 5 nitrogen and oxygen atoms in total. The second-order valence-electron chi connectivity index (χ2n) is 4.34. The Labute approximate surface area is 116 Å². The van der Waals surface area contributed by atoms with Crippen LogP contribution < -0.4 is 5.32 Å². The van der Waals surface area contributed by atoms with Crippen LogP contribution in [-0.4, -0.2) is 22.0 Å². The highest BCUT2D eigenvalue weighted by Crippen LogP contribution is 2.12. The van der Waals surface area contributed by atoms with Crippen molar-refractivity contribution < 1.29 is 14.7 Å². The van der Waals surface area contributed by atoms with Crippen molar-refractivity contribution >= 4 is 11.9 Å². The molecule has 0 bridgehead atoms. The second-order valence-corrected chi connectivity index (χ2v) is 4.34. The van der Waals surface area contributed by atoms with E-state index in [1.807, 2.05) is 37.3 Å². The van der Waals surface area contributed by atoms with Gasteiger partial charge in [0.25, 0.3) is 5.91 Å². The Morgan fingerprint density at radius 3 is 2.40 bits per heavy atom. The minimum atomic E-state index is -1.12. The maximum atomic E-state index is 12.0. The van der Waals surface area contributed by atoms with Gasteiger partial charge in [-0.2, -0.15) is 0 Å². The molecule has 1 atom stereocenters. The van der Waals surface area contributed by atoms with Crippen LogP contribution in [0.15, 0.2) is 48.7 Å². The fourth-order valence-corrected chi connectivity index (χ4v) is 1.76. The number of carboxylic acid groups (broad SMARTS) is 1. The van der Waals surface area contributed by atoms with E-state index in [0.29, 0.717) is 5.56 Å². The molecule has 2 rings (SSSR count). The Balaban J connectivity index is 2.06. The molecular formula is C15H14N2O3. The summed E-state index contributed by atoms with van der Waals surface area (Å²) in [5, 5.41) is 11.6. The normalized spacial score (nSPS) is 11.7. The SMILES string of the molecule is CC(NC(=O)c1ccc(C(=O)O)nc1)c1ccccc1. The van der Waals surface area contributed by atoms with Crippen LogP contribution in [0.25, 0.3) is 0 Å². The summed E-state index contributed by atoms with van der Waals surface area (Å²) in [6.07, 6.45) is 1.26. The number of nitrogens with zero attached hydrogens (tertiary/aromatic N) is 1. The standard InChI is InChI=1S/C15H14N2O3/c1-10(11-5-3-2-4-6-11)17-14(18)12-7-8-13(15(19)20)16-9-12/h2-10H,1H3,(H,17,18)(H,19,20). The van der Waals surface area contributed by atoms with Crippen LogP contribution in [0, 0.1) is 0 Å². The quantitative estimate of drug-likeness (QED) is 0.893. The average Bonchev–Trinajstić information content (AvgIpc) is 2.48. The van der Waals surface area contributed by atoms with Crippen molar-refractivity contribution in [2.24, 2.45) is 0 Å². The number of pyridine rings is 1. The number of carbonyl (C=O) groups is 2. The molecule has 102 valence electrons. The number of rotatable bonds is 4. The third kappa shape index (κ3) is 3.20. The Morgan fingerprint density at radius 2 is 1.85 bits per heavy atom. The van der Waals surface area contributed by atoms with Crippen molar-refractivity contribution in [3.05, 3.63) is 65.5 Å². The van der Waals surface area contributed by atoms with E-state index >= 15 is 0 Å². The number of benzene rings is 1. The van der Waals surface area contributed by atoms with E-state index in [1.54, 1.807) is 0 Å². The highest BCUT2D eigenvalue weighted by atomic mass is 16.4. The largest absolute Gasteiger partial charge is 0.477 e. The molecule has 0 aliphatic heterocycles. The number of nitrogens with one attached hydrogen (secondary N) is 1. The summed E-state index contributed by atoms with van der Waals surface area (Å²) in [4.78, 5) is 26.4. The van der Waals surface area contributed by atoms with E-state index in [2.05, 4.69) is 10.3 Å². The van der Waals surface area contributed by atoms with Gasteiger partial charge in [0.05, 0.1) is 11.6 Å². The van der Waals surface area contributed by atoms with Gasteiger partial charge in [0.1, 0.15) is 5.69 Å². The average molecular weight is 270 g/mol. The van der Waals surface area contributed by atoms with E-state index < -0.39 is 5.97 Å². The van der Waals surface area contributed by atoms with Crippen molar-refractivity contribution in [2.45, 2.75) is 13.0 Å². The molecule has 0 radical (unpaired) electrons. The number of aromatic nitrogens is 1. The molecule has 2 N–H and O–H groups in total. The van der Waals surface area contributed by atoms with E-state index in [4.69, 9.17) is 5.11 Å². The summed E-state index contributed by atoms with van der Waals surface area (Å²) >= 11 is 0. The molecule has 0 spiro atoms. The molecule has 1 heterocycles. The van der Waals surface area contributed by atoms with Crippen LogP contribution in [-0.2, 0) is 0 Å². The lowest BCUT2D eigenvalue weighted by Crippen LogP contribution is -2.26. The maximum Gasteiger partial charge on any atom is 0.354 e. The van der Waals surface area contributed by atoms with E-state index in [9.17, 15) is 9.59 Å². The fraction of sp³-hybridized carbons (Fsp3) is 0.133. The zero-order chi connectivity index (χ0) is 14.5. The predicted molar refractivity (Wildman–Crippen MR) is 73.5 cm³/mol. The lowest BCUT2D eigenvalue weighted by atomic mass is 10.1. The molecule has 20 heavy (non-hydrogen) atoms. The molecule has 2 aromatic rings. The third-order valence-corrected chi connectivity index (χ3v) is 2.89. The molecule has 0 saturated heterocycles. The summed E-state index contributed by atoms with van der Waals surface area (Å²) in [6, 6.07) is 12.2. The Bertz CT molecular complexity index is 609. The van der Waals surface area contributed by atoms with Gasteiger partial charge in [-0.1, -0.05) is 30.3 Å². The van der Waals surface area contributed by atoms with Crippen molar-refractivity contribution in [2.75, 3.05) is 0 Å². The van der Waals surface area contributed by atoms with Crippen LogP contribution in [0.3, 0.4) is 0 Å². The summed E-state index contributed by atoms with van der Waals surface area (Å²) in [5.41, 5.74) is 1.24. The van der Waals surface area contributed by atoms with E-state index in [0.717, 1.165) is 5.56 Å². The zero-order valence-electron chi connectivity index (χ0n) is 10.9. The van der Waals surface area contributed by atoms with Crippen LogP contribution in [0.4, 0.5) is 0 Å². The minimum absolute atomic E-state index is 0.0855. The van der Waals surface area contributed by atoms with Gasteiger partial charge in [0.2, 0.25) is 0 Å². The molecule has 1 aromatic carbocycles. The molecule has 0 fully saturated rings. The molecule has 0 saturated carbocycles. The molecule has 1 aromatic heterocycles. The summed E-state index contributed by atoms with van der Waals surface area (Å²) in [5.74, 6) is -1.40. The molecular weight excluding hydrogens is 256 g/mol. The van der Waals surface area contributed by atoms with E-state index in [-0.39, 0.29) is 17.6 Å². The Kier molecular flexibility index (Phi) is 4.10. The lowest BCUT2D eigenvalue weighted by Gasteiger charge is -2.14. The zero-order valence-corrected chi connectivity index (χ0v) is 10.9. The van der Waals surface area contributed by atoms with Crippen LogP contribution in [0.2, 0.25) is 0 Å². The molecule has 0 aliphatic rings. The third-order valence-electron chi connectivity index (χ3n) is 2.89. The monoisotopic (exact) mass is 270 g/mol. The summed E-state index contributed by atoms with van der Waals surface area (Å²) < 4.78 is 0. The number of aromatic carboxylic acids is 1. The summed E-state index contributed by atoms with van der Waals surface area (Å²) in [6.45, 7) is 1.88. The fourth-order valence-electron chi connectivity index (χ4n) is 1.76. The highest BCUT2D eigenvalue weighted by molar-refractivity contribution is 5.95. The maximum absolute atomic E-state index is 12.0. The smallest absolute Gasteiger partial charge is 0.354 e. The van der Waals surface area contributed by atoms with Gasteiger partial charge in [-0.15, -0.1) is 0 Å².